The van der Waals surface area contributed by atoms with E-state index in [1.54, 1.807) is 4.90 Å². The summed E-state index contributed by atoms with van der Waals surface area (Å²) in [6.45, 7) is 4.01. The second-order valence-corrected chi connectivity index (χ2v) is 10.9. The van der Waals surface area contributed by atoms with Gasteiger partial charge in [-0.05, 0) is 60.1 Å². The first-order valence-corrected chi connectivity index (χ1v) is 13.5. The van der Waals surface area contributed by atoms with Crippen molar-refractivity contribution in [2.45, 2.75) is 43.2 Å². The Labute approximate surface area is 225 Å². The van der Waals surface area contributed by atoms with Crippen molar-refractivity contribution >= 4 is 29.5 Å². The van der Waals surface area contributed by atoms with Crippen molar-refractivity contribution in [3.05, 3.63) is 75.8 Å². The maximum atomic E-state index is 13.3. The van der Waals surface area contributed by atoms with Gasteiger partial charge in [0.1, 0.15) is 0 Å². The molecule has 2 saturated heterocycles. The van der Waals surface area contributed by atoms with Gasteiger partial charge in [-0.3, -0.25) is 9.59 Å². The van der Waals surface area contributed by atoms with E-state index in [1.165, 1.54) is 30.4 Å². The predicted octanol–water partition coefficient (Wildman–Crippen LogP) is 5.24. The van der Waals surface area contributed by atoms with Crippen LogP contribution in [0.5, 0.6) is 0 Å². The van der Waals surface area contributed by atoms with E-state index in [0.29, 0.717) is 37.4 Å². The van der Waals surface area contributed by atoms with Crippen molar-refractivity contribution in [3.8, 4) is 0 Å². The molecular weight excluding hydrogens is 515 g/mol. The van der Waals surface area contributed by atoms with Gasteiger partial charge in [-0.25, -0.2) is 0 Å². The molecular formula is C29H31ClF3N3O2. The first kappa shape index (κ1) is 26.8. The van der Waals surface area contributed by atoms with Crippen LogP contribution in [0.25, 0.3) is 6.08 Å². The van der Waals surface area contributed by atoms with Gasteiger partial charge in [-0.2, -0.15) is 13.2 Å². The van der Waals surface area contributed by atoms with Gasteiger partial charge >= 0.3 is 6.18 Å². The van der Waals surface area contributed by atoms with E-state index in [-0.39, 0.29) is 28.7 Å². The average Bonchev–Trinajstić information content (AvgIpc) is 3.21. The van der Waals surface area contributed by atoms with Gasteiger partial charge in [0, 0.05) is 62.2 Å². The van der Waals surface area contributed by atoms with Gasteiger partial charge in [-0.1, -0.05) is 41.9 Å². The SMILES string of the molecule is O=C(/C=C/c1ccccc1C(F)(F)F)N1CCC2(CC1)CC(CC(=O)N1CCNCC1)c1cccc(Cl)c12. The normalized spacial score (nSPS) is 21.2. The van der Waals surface area contributed by atoms with E-state index in [0.717, 1.165) is 49.8 Å². The fourth-order valence-corrected chi connectivity index (χ4v) is 6.72. The summed E-state index contributed by atoms with van der Waals surface area (Å²) in [6.07, 6.45) is 0.628. The van der Waals surface area contributed by atoms with E-state index in [4.69, 9.17) is 11.6 Å². The zero-order chi connectivity index (χ0) is 26.9. The summed E-state index contributed by atoms with van der Waals surface area (Å²) in [7, 11) is 0. The maximum absolute atomic E-state index is 13.3. The fourth-order valence-electron chi connectivity index (χ4n) is 6.34. The number of nitrogens with one attached hydrogen (secondary N) is 1. The minimum Gasteiger partial charge on any atom is -0.340 e. The highest BCUT2D eigenvalue weighted by atomic mass is 35.5. The van der Waals surface area contributed by atoms with Crippen molar-refractivity contribution in [3.63, 3.8) is 0 Å². The Balaban J connectivity index is 1.28. The number of halogens is 4. The minimum atomic E-state index is -4.49. The number of carbonyl (C=O) groups excluding carboxylic acids is 2. The molecule has 1 unspecified atom stereocenters. The second kappa shape index (κ2) is 10.7. The Kier molecular flexibility index (Phi) is 7.56. The van der Waals surface area contributed by atoms with E-state index in [1.807, 2.05) is 17.0 Å². The summed E-state index contributed by atoms with van der Waals surface area (Å²) in [4.78, 5) is 29.6. The number of benzene rings is 2. The molecule has 0 radical (unpaired) electrons. The third-order valence-electron chi connectivity index (χ3n) is 8.25. The molecule has 2 aromatic carbocycles. The van der Waals surface area contributed by atoms with Crippen molar-refractivity contribution < 1.29 is 22.8 Å². The number of carbonyl (C=O) groups is 2. The number of hydrogen-bond acceptors (Lipinski definition) is 3. The van der Waals surface area contributed by atoms with Crippen LogP contribution in [0.2, 0.25) is 5.02 Å². The highest BCUT2D eigenvalue weighted by molar-refractivity contribution is 6.31. The van der Waals surface area contributed by atoms with Gasteiger partial charge in [0.2, 0.25) is 11.8 Å². The molecule has 1 atom stereocenters. The monoisotopic (exact) mass is 545 g/mol. The second-order valence-electron chi connectivity index (χ2n) is 10.5. The van der Waals surface area contributed by atoms with Crippen molar-refractivity contribution in [2.75, 3.05) is 39.3 Å². The summed E-state index contributed by atoms with van der Waals surface area (Å²) < 4.78 is 39.9. The van der Waals surface area contributed by atoms with Gasteiger partial charge in [0.05, 0.1) is 5.56 Å². The minimum absolute atomic E-state index is 0.0321. The first-order chi connectivity index (χ1) is 18.2. The predicted molar refractivity (Wildman–Crippen MR) is 141 cm³/mol. The molecule has 2 fully saturated rings. The molecule has 0 aromatic heterocycles. The largest absolute Gasteiger partial charge is 0.416 e. The molecule has 202 valence electrons. The molecule has 2 aliphatic heterocycles. The van der Waals surface area contributed by atoms with Crippen LogP contribution in [0, 0.1) is 0 Å². The first-order valence-electron chi connectivity index (χ1n) is 13.1. The number of nitrogens with zero attached hydrogens (tertiary/aromatic N) is 2. The molecule has 2 amide bonds. The summed E-state index contributed by atoms with van der Waals surface area (Å²) in [6, 6.07) is 11.1. The standard InChI is InChI=1S/C29H31ClF3N3O2/c30-24-7-3-5-22-21(18-26(38)36-16-12-34-13-17-36)19-28(27(22)24)10-14-35(15-11-28)25(37)9-8-20-4-1-2-6-23(20)29(31,32)33/h1-9,21,34H,10-19H2/b9-8+. The Morgan fingerprint density at radius 3 is 2.42 bits per heavy atom. The number of hydrogen-bond donors (Lipinski definition) is 1. The fraction of sp³-hybridized carbons (Fsp3) is 0.448. The highest BCUT2D eigenvalue weighted by Gasteiger charge is 2.47. The van der Waals surface area contributed by atoms with Crippen LogP contribution in [0.15, 0.2) is 48.5 Å². The molecule has 5 nitrogen and oxygen atoms in total. The lowest BCUT2D eigenvalue weighted by molar-refractivity contribution is -0.138. The molecule has 3 aliphatic rings. The zero-order valence-corrected chi connectivity index (χ0v) is 21.8. The molecule has 2 aromatic rings. The van der Waals surface area contributed by atoms with E-state index in [2.05, 4.69) is 11.4 Å². The van der Waals surface area contributed by atoms with E-state index < -0.39 is 11.7 Å². The number of piperazine rings is 1. The Hall–Kier alpha value is -2.84. The lowest BCUT2D eigenvalue weighted by Gasteiger charge is -2.40. The number of likely N-dealkylation sites (tertiary alicyclic amines) is 1. The molecule has 1 N–H and O–H groups in total. The van der Waals surface area contributed by atoms with Crippen LogP contribution in [0.4, 0.5) is 13.2 Å². The van der Waals surface area contributed by atoms with Crippen molar-refractivity contribution in [1.29, 1.82) is 0 Å². The number of alkyl halides is 3. The summed E-state index contributed by atoms with van der Waals surface area (Å²) >= 11 is 6.72. The van der Waals surface area contributed by atoms with E-state index >= 15 is 0 Å². The molecule has 0 bridgehead atoms. The third-order valence-corrected chi connectivity index (χ3v) is 8.56. The molecule has 38 heavy (non-hydrogen) atoms. The summed E-state index contributed by atoms with van der Waals surface area (Å²) in [5, 5.41) is 3.97. The number of fused-ring (bicyclic) bond motifs is 2. The van der Waals surface area contributed by atoms with Gasteiger partial charge < -0.3 is 15.1 Å². The molecule has 0 saturated carbocycles. The van der Waals surface area contributed by atoms with Crippen LogP contribution in [-0.4, -0.2) is 60.9 Å². The Bertz CT molecular complexity index is 1230. The average molecular weight is 546 g/mol. The zero-order valence-electron chi connectivity index (χ0n) is 21.1. The van der Waals surface area contributed by atoms with Gasteiger partial charge in [0.15, 0.2) is 0 Å². The van der Waals surface area contributed by atoms with Gasteiger partial charge in [-0.15, -0.1) is 0 Å². The molecule has 2 heterocycles. The molecule has 1 spiro atoms. The van der Waals surface area contributed by atoms with Crippen LogP contribution >= 0.6 is 11.6 Å². The van der Waals surface area contributed by atoms with Crippen molar-refractivity contribution in [1.82, 2.24) is 15.1 Å². The number of amides is 2. The molecule has 9 heteroatoms. The van der Waals surface area contributed by atoms with E-state index in [9.17, 15) is 22.8 Å². The quantitative estimate of drug-likeness (QED) is 0.535. The van der Waals surface area contributed by atoms with Crippen LogP contribution in [0.1, 0.15) is 53.9 Å². The lowest BCUT2D eigenvalue weighted by atomic mass is 9.73. The number of piperidine rings is 1. The molecule has 5 rings (SSSR count). The molecule has 1 aliphatic carbocycles. The highest BCUT2D eigenvalue weighted by Crippen LogP contribution is 2.55. The maximum Gasteiger partial charge on any atom is 0.416 e. The number of rotatable bonds is 4. The van der Waals surface area contributed by atoms with Crippen LogP contribution < -0.4 is 5.32 Å². The van der Waals surface area contributed by atoms with Gasteiger partial charge in [0.25, 0.3) is 0 Å². The third kappa shape index (κ3) is 5.34. The summed E-state index contributed by atoms with van der Waals surface area (Å²) in [5.74, 6) is -0.0666. The van der Waals surface area contributed by atoms with Crippen LogP contribution in [0.3, 0.4) is 0 Å². The van der Waals surface area contributed by atoms with Crippen molar-refractivity contribution in [2.24, 2.45) is 0 Å². The Morgan fingerprint density at radius 1 is 1.00 bits per heavy atom. The topological polar surface area (TPSA) is 52.7 Å². The van der Waals surface area contributed by atoms with Crippen LogP contribution in [-0.2, 0) is 21.2 Å². The summed E-state index contributed by atoms with van der Waals surface area (Å²) in [5.41, 5.74) is 1.22. The smallest absolute Gasteiger partial charge is 0.340 e. The lowest BCUT2D eigenvalue weighted by Crippen LogP contribution is -2.46. The Morgan fingerprint density at radius 2 is 1.71 bits per heavy atom.